The van der Waals surface area contributed by atoms with Gasteiger partial charge < -0.3 is 5.11 Å². The maximum Gasteiger partial charge on any atom is 0.257 e. The second-order valence-corrected chi connectivity index (χ2v) is 4.65. The molecule has 0 aromatic heterocycles. The smallest absolute Gasteiger partial charge is 0.257 e. The van der Waals surface area contributed by atoms with E-state index in [0.29, 0.717) is 17.6 Å². The summed E-state index contributed by atoms with van der Waals surface area (Å²) in [6.45, 7) is 3.34. The summed E-state index contributed by atoms with van der Waals surface area (Å²) < 4.78 is 0. The number of aliphatic hydroxyl groups is 1. The molecule has 1 heterocycles. The van der Waals surface area contributed by atoms with Crippen molar-refractivity contribution in [2.24, 2.45) is 0 Å². The van der Waals surface area contributed by atoms with Gasteiger partial charge in [0.1, 0.15) is 0 Å². The monoisotopic (exact) mass is 223 g/mol. The molecule has 0 aromatic carbocycles. The van der Waals surface area contributed by atoms with Gasteiger partial charge in [-0.3, -0.25) is 14.5 Å². The maximum atomic E-state index is 11.9. The quantitative estimate of drug-likeness (QED) is 0.674. The molecule has 88 valence electrons. The number of carbonyl (C=O) groups is 2. The summed E-state index contributed by atoms with van der Waals surface area (Å²) >= 11 is 0. The van der Waals surface area contributed by atoms with Crippen molar-refractivity contribution in [3.05, 3.63) is 11.1 Å². The van der Waals surface area contributed by atoms with E-state index >= 15 is 0 Å². The lowest BCUT2D eigenvalue weighted by Crippen LogP contribution is -2.49. The number of aliphatic hydroxyl groups excluding tert-OH is 1. The molecule has 2 amide bonds. The molecule has 0 radical (unpaired) electrons. The highest BCUT2D eigenvalue weighted by atomic mass is 16.3. The van der Waals surface area contributed by atoms with Crippen LogP contribution >= 0.6 is 0 Å². The first-order valence-corrected chi connectivity index (χ1v) is 5.77. The molecule has 1 aliphatic carbocycles. The van der Waals surface area contributed by atoms with E-state index in [9.17, 15) is 14.7 Å². The van der Waals surface area contributed by atoms with Gasteiger partial charge in [0.2, 0.25) is 0 Å². The van der Waals surface area contributed by atoms with Gasteiger partial charge in [-0.1, -0.05) is 12.8 Å². The van der Waals surface area contributed by atoms with Crippen LogP contribution in [0.2, 0.25) is 0 Å². The number of carbonyl (C=O) groups excluding carboxylic acids is 2. The average molecular weight is 223 g/mol. The van der Waals surface area contributed by atoms with Gasteiger partial charge in [0.25, 0.3) is 11.8 Å². The third-order valence-electron chi connectivity index (χ3n) is 3.67. The largest absolute Gasteiger partial charge is 0.391 e. The second kappa shape index (κ2) is 4.01. The Morgan fingerprint density at radius 2 is 1.56 bits per heavy atom. The molecule has 4 nitrogen and oxygen atoms in total. The number of hydrogen-bond acceptors (Lipinski definition) is 3. The van der Waals surface area contributed by atoms with Crippen molar-refractivity contribution in [1.82, 2.24) is 4.90 Å². The van der Waals surface area contributed by atoms with E-state index in [1.807, 2.05) is 0 Å². The SMILES string of the molecule is CC1=C(C)C(=O)N(C2CCCCC2O)C1=O. The van der Waals surface area contributed by atoms with Crippen molar-refractivity contribution in [2.45, 2.75) is 51.7 Å². The topological polar surface area (TPSA) is 57.6 Å². The Morgan fingerprint density at radius 3 is 2.06 bits per heavy atom. The van der Waals surface area contributed by atoms with E-state index in [-0.39, 0.29) is 17.9 Å². The van der Waals surface area contributed by atoms with Crippen LogP contribution in [0.1, 0.15) is 39.5 Å². The maximum absolute atomic E-state index is 11.9. The third-order valence-corrected chi connectivity index (χ3v) is 3.67. The molecule has 1 fully saturated rings. The average Bonchev–Trinajstić information content (AvgIpc) is 2.45. The molecule has 4 heteroatoms. The molecule has 2 unspecified atom stereocenters. The van der Waals surface area contributed by atoms with E-state index in [2.05, 4.69) is 0 Å². The second-order valence-electron chi connectivity index (χ2n) is 4.65. The zero-order chi connectivity index (χ0) is 11.9. The Kier molecular flexibility index (Phi) is 2.84. The van der Waals surface area contributed by atoms with E-state index < -0.39 is 6.10 Å². The fourth-order valence-electron chi connectivity index (χ4n) is 2.47. The van der Waals surface area contributed by atoms with Crippen LogP contribution in [0.5, 0.6) is 0 Å². The first-order valence-electron chi connectivity index (χ1n) is 5.77. The molecule has 1 aliphatic heterocycles. The van der Waals surface area contributed by atoms with Crippen LogP contribution in [-0.2, 0) is 9.59 Å². The summed E-state index contributed by atoms with van der Waals surface area (Å²) in [6.07, 6.45) is 2.79. The van der Waals surface area contributed by atoms with Gasteiger partial charge >= 0.3 is 0 Å². The molecule has 16 heavy (non-hydrogen) atoms. The van der Waals surface area contributed by atoms with Gasteiger partial charge in [-0.15, -0.1) is 0 Å². The number of rotatable bonds is 1. The summed E-state index contributed by atoms with van der Waals surface area (Å²) in [6, 6.07) is -0.318. The molecule has 1 saturated carbocycles. The van der Waals surface area contributed by atoms with E-state index in [4.69, 9.17) is 0 Å². The lowest BCUT2D eigenvalue weighted by molar-refractivity contribution is -0.144. The van der Waals surface area contributed by atoms with E-state index in [0.717, 1.165) is 19.3 Å². The minimum Gasteiger partial charge on any atom is -0.391 e. The Hall–Kier alpha value is -1.16. The summed E-state index contributed by atoms with van der Waals surface area (Å²) in [5.74, 6) is -0.457. The highest BCUT2D eigenvalue weighted by Crippen LogP contribution is 2.29. The highest BCUT2D eigenvalue weighted by Gasteiger charge is 2.41. The van der Waals surface area contributed by atoms with Crippen molar-refractivity contribution in [3.63, 3.8) is 0 Å². The van der Waals surface area contributed by atoms with Crippen LogP contribution in [0.25, 0.3) is 0 Å². The fraction of sp³-hybridized carbons (Fsp3) is 0.667. The highest BCUT2D eigenvalue weighted by molar-refractivity contribution is 6.19. The molecule has 0 saturated heterocycles. The molecule has 1 N–H and O–H groups in total. The molecular weight excluding hydrogens is 206 g/mol. The lowest BCUT2D eigenvalue weighted by Gasteiger charge is -2.34. The Balaban J connectivity index is 2.23. The van der Waals surface area contributed by atoms with Gasteiger partial charge in [0, 0.05) is 11.1 Å². The standard InChI is InChI=1S/C12H17NO3/c1-7-8(2)12(16)13(11(7)15)9-5-3-4-6-10(9)14/h9-10,14H,3-6H2,1-2H3. The molecule has 0 bridgehead atoms. The normalized spacial score (nSPS) is 31.6. The van der Waals surface area contributed by atoms with Crippen LogP contribution < -0.4 is 0 Å². The van der Waals surface area contributed by atoms with Gasteiger partial charge in [-0.2, -0.15) is 0 Å². The lowest BCUT2D eigenvalue weighted by atomic mass is 9.91. The fourth-order valence-corrected chi connectivity index (χ4v) is 2.47. The van der Waals surface area contributed by atoms with Gasteiger partial charge in [0.05, 0.1) is 12.1 Å². The summed E-state index contributed by atoms with van der Waals surface area (Å²) in [7, 11) is 0. The number of nitrogens with zero attached hydrogens (tertiary/aromatic N) is 1. The minimum absolute atomic E-state index is 0.228. The van der Waals surface area contributed by atoms with E-state index in [1.54, 1.807) is 13.8 Å². The molecule has 2 aliphatic rings. The van der Waals surface area contributed by atoms with Gasteiger partial charge in [-0.05, 0) is 26.7 Å². The first kappa shape index (κ1) is 11.3. The Bertz CT molecular complexity index is 348. The molecule has 2 atom stereocenters. The van der Waals surface area contributed by atoms with Crippen molar-refractivity contribution in [3.8, 4) is 0 Å². The van der Waals surface area contributed by atoms with Crippen molar-refractivity contribution >= 4 is 11.8 Å². The third kappa shape index (κ3) is 1.57. The van der Waals surface area contributed by atoms with Crippen LogP contribution in [0, 0.1) is 0 Å². The van der Waals surface area contributed by atoms with Crippen LogP contribution in [-0.4, -0.2) is 34.0 Å². The predicted octanol–water partition coefficient (Wildman–Crippen LogP) is 0.995. The Morgan fingerprint density at radius 1 is 1.06 bits per heavy atom. The Labute approximate surface area is 94.9 Å². The van der Waals surface area contributed by atoms with Gasteiger partial charge in [-0.25, -0.2) is 0 Å². The minimum atomic E-state index is -0.555. The number of hydrogen-bond donors (Lipinski definition) is 1. The predicted molar refractivity (Wildman–Crippen MR) is 58.5 cm³/mol. The summed E-state index contributed by atoms with van der Waals surface area (Å²) in [5.41, 5.74) is 1.03. The van der Waals surface area contributed by atoms with Crippen LogP contribution in [0.4, 0.5) is 0 Å². The molecule has 0 aromatic rings. The van der Waals surface area contributed by atoms with Crippen LogP contribution in [0.3, 0.4) is 0 Å². The zero-order valence-corrected chi connectivity index (χ0v) is 9.69. The van der Waals surface area contributed by atoms with Crippen molar-refractivity contribution in [2.75, 3.05) is 0 Å². The van der Waals surface area contributed by atoms with Gasteiger partial charge in [0.15, 0.2) is 0 Å². The van der Waals surface area contributed by atoms with Crippen molar-refractivity contribution < 1.29 is 14.7 Å². The zero-order valence-electron chi connectivity index (χ0n) is 9.69. The molecule has 0 spiro atoms. The number of imide groups is 1. The molecular formula is C12H17NO3. The number of amides is 2. The molecule has 2 rings (SSSR count). The summed E-state index contributed by atoms with van der Waals surface area (Å²) in [4.78, 5) is 25.1. The first-order chi connectivity index (χ1) is 7.54. The summed E-state index contributed by atoms with van der Waals surface area (Å²) in [5, 5.41) is 9.87. The van der Waals surface area contributed by atoms with E-state index in [1.165, 1.54) is 4.90 Å². The van der Waals surface area contributed by atoms with Crippen molar-refractivity contribution in [1.29, 1.82) is 0 Å². The van der Waals surface area contributed by atoms with Crippen LogP contribution in [0.15, 0.2) is 11.1 Å².